The fourth-order valence-electron chi connectivity index (χ4n) is 4.47. The predicted molar refractivity (Wildman–Crippen MR) is 128 cm³/mol. The van der Waals surface area contributed by atoms with Crippen molar-refractivity contribution in [2.45, 2.75) is 75.3 Å². The average Bonchev–Trinajstić information content (AvgIpc) is 2.88. The maximum absolute atomic E-state index is 12.3. The number of hydrogen-bond donors (Lipinski definition) is 9. The Hall–Kier alpha value is -2.55. The first-order valence-corrected chi connectivity index (χ1v) is 12.3. The predicted octanol–water partition coefficient (Wildman–Crippen LogP) is -2.50. The quantitative estimate of drug-likeness (QED) is 0.101. The number of aliphatic hydroxyl groups excluding tert-OH is 8. The summed E-state index contributed by atoms with van der Waals surface area (Å²) in [6.45, 7) is -1.45. The first-order chi connectivity index (χ1) is 18.5. The third-order valence-corrected chi connectivity index (χ3v) is 6.71. The molecule has 2 aliphatic heterocycles. The fourth-order valence-corrected chi connectivity index (χ4v) is 4.47. The summed E-state index contributed by atoms with van der Waals surface area (Å²) >= 11 is 0. The highest BCUT2D eigenvalue weighted by molar-refractivity contribution is 5.93. The van der Waals surface area contributed by atoms with Crippen LogP contribution < -0.4 is 9.47 Å². The zero-order valence-corrected chi connectivity index (χ0v) is 20.8. The van der Waals surface area contributed by atoms with Gasteiger partial charge in [-0.3, -0.25) is 0 Å². The van der Waals surface area contributed by atoms with Gasteiger partial charge in [0, 0.05) is 12.5 Å². The fraction of sp³-hybridized carbons (Fsp3) is 0.640. The third-order valence-electron chi connectivity index (χ3n) is 6.71. The molecule has 0 bridgehead atoms. The van der Waals surface area contributed by atoms with Crippen molar-refractivity contribution in [3.63, 3.8) is 0 Å². The van der Waals surface area contributed by atoms with Gasteiger partial charge in [-0.05, 0) is 30.9 Å². The van der Waals surface area contributed by atoms with E-state index in [1.807, 2.05) is 0 Å². The van der Waals surface area contributed by atoms with E-state index in [0.717, 1.165) is 6.07 Å². The maximum Gasteiger partial charge on any atom is 0.339 e. The van der Waals surface area contributed by atoms with Crippen molar-refractivity contribution < 1.29 is 69.7 Å². The number of ether oxygens (including phenoxy) is 4. The average molecular weight is 559 g/mol. The van der Waals surface area contributed by atoms with E-state index < -0.39 is 80.6 Å². The molecular weight excluding hydrogens is 524 g/mol. The normalized spacial score (nSPS) is 34.7. The molecule has 2 saturated heterocycles. The Morgan fingerprint density at radius 1 is 0.846 bits per heavy atom. The van der Waals surface area contributed by atoms with Gasteiger partial charge in [-0.25, -0.2) is 4.79 Å². The molecule has 0 amide bonds. The summed E-state index contributed by atoms with van der Waals surface area (Å²) in [6, 6.07) is 2.46. The topological polar surface area (TPSA) is 236 Å². The van der Waals surface area contributed by atoms with Crippen LogP contribution in [0.2, 0.25) is 0 Å². The van der Waals surface area contributed by atoms with E-state index in [0.29, 0.717) is 19.3 Å². The monoisotopic (exact) mass is 558 g/mol. The van der Waals surface area contributed by atoms with Crippen molar-refractivity contribution >= 4 is 5.97 Å². The number of aryl methyl sites for hydroxylation is 1. The van der Waals surface area contributed by atoms with Crippen molar-refractivity contribution in [2.24, 2.45) is 11.8 Å². The second-order valence-corrected chi connectivity index (χ2v) is 9.35. The van der Waals surface area contributed by atoms with Crippen LogP contribution in [0.4, 0.5) is 0 Å². The van der Waals surface area contributed by atoms with E-state index in [4.69, 9.17) is 25.4 Å². The molecule has 2 aliphatic rings. The summed E-state index contributed by atoms with van der Waals surface area (Å²) in [5, 5.41) is 89.6. The number of carboxylic acids is 1. The molecule has 39 heavy (non-hydrogen) atoms. The van der Waals surface area contributed by atoms with Crippen LogP contribution in [0.5, 0.6) is 11.5 Å². The SMILES string of the molecule is C#CCCCCc1cc(OC2O[C@H](O)[C@@H](O)[C@H](O)[C@H]2CO)cc(OC2O[C@H](O)[C@@H](O)[C@H](O)[C@H]2CO)c1C(=O)O. The summed E-state index contributed by atoms with van der Waals surface area (Å²) in [5.41, 5.74) is -0.112. The third kappa shape index (κ3) is 6.97. The molecule has 2 fully saturated rings. The van der Waals surface area contributed by atoms with E-state index in [9.17, 15) is 50.8 Å². The van der Waals surface area contributed by atoms with E-state index in [1.165, 1.54) is 6.07 Å². The van der Waals surface area contributed by atoms with Gasteiger partial charge in [0.25, 0.3) is 0 Å². The number of rotatable bonds is 11. The Labute approximate surface area is 223 Å². The van der Waals surface area contributed by atoms with Crippen LogP contribution in [0.25, 0.3) is 0 Å². The summed E-state index contributed by atoms with van der Waals surface area (Å²) < 4.78 is 21.8. The number of aliphatic hydroxyl groups is 8. The van der Waals surface area contributed by atoms with Crippen LogP contribution in [0.3, 0.4) is 0 Å². The van der Waals surface area contributed by atoms with Crippen LogP contribution >= 0.6 is 0 Å². The largest absolute Gasteiger partial charge is 0.478 e. The first-order valence-electron chi connectivity index (χ1n) is 12.3. The van der Waals surface area contributed by atoms with Gasteiger partial charge in [0.2, 0.25) is 12.6 Å². The van der Waals surface area contributed by atoms with Crippen LogP contribution in [-0.4, -0.2) is 115 Å². The highest BCUT2D eigenvalue weighted by Crippen LogP contribution is 2.36. The van der Waals surface area contributed by atoms with E-state index in [2.05, 4.69) is 5.92 Å². The molecule has 10 atom stereocenters. The number of unbranched alkanes of at least 4 members (excludes halogenated alkanes) is 2. The molecule has 0 aromatic heterocycles. The zero-order valence-electron chi connectivity index (χ0n) is 20.8. The molecule has 1 aromatic rings. The van der Waals surface area contributed by atoms with Crippen molar-refractivity contribution in [2.75, 3.05) is 13.2 Å². The smallest absolute Gasteiger partial charge is 0.339 e. The molecule has 14 nitrogen and oxygen atoms in total. The second-order valence-electron chi connectivity index (χ2n) is 9.35. The Kier molecular flexibility index (Phi) is 10.9. The van der Waals surface area contributed by atoms with Gasteiger partial charge in [0.15, 0.2) is 12.6 Å². The number of carboxylic acid groups (broad SMARTS) is 1. The Morgan fingerprint density at radius 3 is 1.87 bits per heavy atom. The molecule has 2 heterocycles. The summed E-state index contributed by atoms with van der Waals surface area (Å²) in [4.78, 5) is 12.3. The summed E-state index contributed by atoms with van der Waals surface area (Å²) in [7, 11) is 0. The van der Waals surface area contributed by atoms with Crippen molar-refractivity contribution in [1.29, 1.82) is 0 Å². The maximum atomic E-state index is 12.3. The van der Waals surface area contributed by atoms with E-state index in [-0.39, 0.29) is 29.0 Å². The molecule has 9 N–H and O–H groups in total. The van der Waals surface area contributed by atoms with Crippen LogP contribution in [-0.2, 0) is 15.9 Å². The lowest BCUT2D eigenvalue weighted by molar-refractivity contribution is -0.313. The first kappa shape index (κ1) is 31.0. The molecule has 218 valence electrons. The minimum atomic E-state index is -1.90. The van der Waals surface area contributed by atoms with Crippen LogP contribution in [0.15, 0.2) is 12.1 Å². The Balaban J connectivity index is 2.01. The molecule has 14 heteroatoms. The lowest BCUT2D eigenvalue weighted by Crippen LogP contribution is -2.57. The van der Waals surface area contributed by atoms with Crippen LogP contribution in [0, 0.1) is 24.2 Å². The molecule has 1 aromatic carbocycles. The van der Waals surface area contributed by atoms with E-state index in [1.54, 1.807) is 0 Å². The molecule has 3 rings (SSSR count). The lowest BCUT2D eigenvalue weighted by Gasteiger charge is -2.40. The Bertz CT molecular complexity index is 1010. The number of benzene rings is 1. The van der Waals surface area contributed by atoms with E-state index >= 15 is 0 Å². The standard InChI is InChI=1S/C25H34O14/c1-2-3-4-5-6-11-7-12(36-24-13(9-26)17(28)19(30)22(34)38-24)8-15(16(11)21(32)33)37-25-14(10-27)18(29)20(31)23(35)39-25/h1,7-8,13-14,17-20,22-31,34-35H,3-6,9-10H2,(H,32,33)/t13-,14-,17-,18-,19+,20+,22+,23+,24?,25?/m1/s1. The summed E-state index contributed by atoms with van der Waals surface area (Å²) in [6.07, 6.45) is -6.61. The van der Waals surface area contributed by atoms with Crippen molar-refractivity contribution in [3.8, 4) is 23.8 Å². The number of terminal acetylenes is 1. The van der Waals surface area contributed by atoms with Gasteiger partial charge in [-0.1, -0.05) is 0 Å². The molecule has 0 saturated carbocycles. The number of aromatic carboxylic acids is 1. The summed E-state index contributed by atoms with van der Waals surface area (Å²) in [5.74, 6) is -1.83. The molecular formula is C25H34O14. The highest BCUT2D eigenvalue weighted by atomic mass is 16.7. The molecule has 0 radical (unpaired) electrons. The van der Waals surface area contributed by atoms with Gasteiger partial charge < -0.3 is 64.9 Å². The zero-order chi connectivity index (χ0) is 28.9. The van der Waals surface area contributed by atoms with Gasteiger partial charge in [0.05, 0.1) is 37.3 Å². The van der Waals surface area contributed by atoms with Gasteiger partial charge in [-0.2, -0.15) is 0 Å². The van der Waals surface area contributed by atoms with Crippen molar-refractivity contribution in [3.05, 3.63) is 23.3 Å². The molecule has 2 unspecified atom stereocenters. The highest BCUT2D eigenvalue weighted by Gasteiger charge is 2.46. The molecule has 0 spiro atoms. The minimum Gasteiger partial charge on any atom is -0.478 e. The lowest BCUT2D eigenvalue weighted by atomic mass is 9.94. The second kappa shape index (κ2) is 13.7. The van der Waals surface area contributed by atoms with Gasteiger partial charge in [-0.15, -0.1) is 12.3 Å². The van der Waals surface area contributed by atoms with Crippen LogP contribution in [0.1, 0.15) is 35.2 Å². The van der Waals surface area contributed by atoms with Crippen molar-refractivity contribution in [1.82, 2.24) is 0 Å². The Morgan fingerprint density at radius 2 is 1.38 bits per heavy atom. The minimum absolute atomic E-state index is 0.0846. The van der Waals surface area contributed by atoms with Gasteiger partial charge in [0.1, 0.15) is 29.3 Å². The number of carbonyl (C=O) groups is 1. The number of hydrogen-bond acceptors (Lipinski definition) is 13. The molecule has 0 aliphatic carbocycles. The van der Waals surface area contributed by atoms with Gasteiger partial charge >= 0.3 is 5.97 Å².